The Kier molecular flexibility index (Phi) is 5.78. The van der Waals surface area contributed by atoms with Gasteiger partial charge in [-0.15, -0.1) is 0 Å². The smallest absolute Gasteiger partial charge is 0.232 e. The number of amidine groups is 1. The second-order valence-electron chi connectivity index (χ2n) is 4.10. The van der Waals surface area contributed by atoms with E-state index in [0.29, 0.717) is 30.0 Å². The van der Waals surface area contributed by atoms with Gasteiger partial charge in [-0.25, -0.2) is 8.42 Å². The van der Waals surface area contributed by atoms with Crippen LogP contribution in [0, 0.1) is 5.41 Å². The second kappa shape index (κ2) is 7.11. The van der Waals surface area contributed by atoms with Crippen LogP contribution in [-0.4, -0.2) is 40.8 Å². The highest BCUT2D eigenvalue weighted by atomic mass is 32.2. The van der Waals surface area contributed by atoms with Gasteiger partial charge in [0.25, 0.3) is 0 Å². The molecule has 112 valence electrons. The zero-order valence-electron chi connectivity index (χ0n) is 11.5. The molecular formula is C12H19N3O4S. The van der Waals surface area contributed by atoms with E-state index in [1.165, 1.54) is 26.4 Å². The molecule has 0 saturated heterocycles. The Hall–Kier alpha value is -1.80. The maximum absolute atomic E-state index is 11.9. The molecule has 0 aliphatic carbocycles. The largest absolute Gasteiger partial charge is 0.495 e. The van der Waals surface area contributed by atoms with Crippen LogP contribution in [0.5, 0.6) is 5.75 Å². The molecule has 0 bridgehead atoms. The minimum absolute atomic E-state index is 0.0432. The van der Waals surface area contributed by atoms with Crippen LogP contribution in [0.2, 0.25) is 0 Å². The molecule has 0 aromatic heterocycles. The van der Waals surface area contributed by atoms with E-state index in [-0.39, 0.29) is 11.6 Å². The maximum atomic E-state index is 11.9. The summed E-state index contributed by atoms with van der Waals surface area (Å²) in [5.74, 6) is 0.157. The molecule has 0 heterocycles. The van der Waals surface area contributed by atoms with Gasteiger partial charge < -0.3 is 15.2 Å². The fourth-order valence-electron chi connectivity index (χ4n) is 1.55. The molecular weight excluding hydrogens is 282 g/mol. The number of methoxy groups -OCH3 is 2. The topological polar surface area (TPSA) is 114 Å². The van der Waals surface area contributed by atoms with Gasteiger partial charge in [-0.3, -0.25) is 10.1 Å². The number of ether oxygens (including phenoxy) is 2. The summed E-state index contributed by atoms with van der Waals surface area (Å²) in [5, 5.41) is 7.34. The maximum Gasteiger partial charge on any atom is 0.232 e. The first-order chi connectivity index (χ1) is 9.39. The lowest BCUT2D eigenvalue weighted by atomic mass is 10.2. The molecule has 0 fully saturated rings. The van der Waals surface area contributed by atoms with Crippen LogP contribution in [0.4, 0.5) is 5.69 Å². The molecule has 0 aliphatic rings. The van der Waals surface area contributed by atoms with Gasteiger partial charge in [-0.05, 0) is 24.6 Å². The third-order valence-electron chi connectivity index (χ3n) is 2.54. The fraction of sp³-hybridized carbons (Fsp3) is 0.417. The number of nitrogens with two attached hydrogens (primary N) is 1. The lowest BCUT2D eigenvalue weighted by molar-refractivity contribution is 0.199. The first-order valence-electron chi connectivity index (χ1n) is 5.91. The van der Waals surface area contributed by atoms with Gasteiger partial charge in [-0.1, -0.05) is 0 Å². The van der Waals surface area contributed by atoms with Crippen molar-refractivity contribution < 1.29 is 17.9 Å². The van der Waals surface area contributed by atoms with Gasteiger partial charge in [0, 0.05) is 19.3 Å². The van der Waals surface area contributed by atoms with Crippen LogP contribution in [0.15, 0.2) is 18.2 Å². The highest BCUT2D eigenvalue weighted by Crippen LogP contribution is 2.26. The van der Waals surface area contributed by atoms with Crippen molar-refractivity contribution in [2.75, 3.05) is 31.3 Å². The minimum atomic E-state index is -3.47. The van der Waals surface area contributed by atoms with Crippen molar-refractivity contribution in [3.05, 3.63) is 23.8 Å². The van der Waals surface area contributed by atoms with Crippen molar-refractivity contribution in [2.45, 2.75) is 6.42 Å². The van der Waals surface area contributed by atoms with Crippen LogP contribution < -0.4 is 15.2 Å². The summed E-state index contributed by atoms with van der Waals surface area (Å²) in [6.07, 6.45) is 0.402. The van der Waals surface area contributed by atoms with Gasteiger partial charge in [-0.2, -0.15) is 0 Å². The predicted molar refractivity (Wildman–Crippen MR) is 77.9 cm³/mol. The van der Waals surface area contributed by atoms with E-state index in [2.05, 4.69) is 4.72 Å². The van der Waals surface area contributed by atoms with Crippen molar-refractivity contribution in [3.8, 4) is 5.75 Å². The van der Waals surface area contributed by atoms with E-state index in [1.54, 1.807) is 6.07 Å². The number of nitrogen functional groups attached to an aromatic ring is 1. The standard InChI is InChI=1S/C12H19N3O4S/c1-18-6-3-7-20(16,17)15-10-5-4-9(12(13)14)8-11(10)19-2/h4-5,8,15H,3,6-7H2,1-2H3,(H3,13,14). The summed E-state index contributed by atoms with van der Waals surface area (Å²) in [6.45, 7) is 0.376. The Bertz CT molecular complexity index is 572. The molecule has 0 amide bonds. The number of nitrogens with one attached hydrogen (secondary N) is 2. The molecule has 0 spiro atoms. The number of rotatable bonds is 8. The average molecular weight is 301 g/mol. The van der Waals surface area contributed by atoms with Crippen LogP contribution in [0.3, 0.4) is 0 Å². The Labute approximate surface area is 118 Å². The van der Waals surface area contributed by atoms with Crippen LogP contribution >= 0.6 is 0 Å². The number of sulfonamides is 1. The first kappa shape index (κ1) is 16.3. The normalized spacial score (nSPS) is 11.1. The zero-order valence-corrected chi connectivity index (χ0v) is 12.3. The first-order valence-corrected chi connectivity index (χ1v) is 7.56. The van der Waals surface area contributed by atoms with Crippen LogP contribution in [0.1, 0.15) is 12.0 Å². The number of hydrogen-bond donors (Lipinski definition) is 3. The molecule has 20 heavy (non-hydrogen) atoms. The van der Waals surface area contributed by atoms with E-state index in [0.717, 1.165) is 0 Å². The summed E-state index contributed by atoms with van der Waals surface area (Å²) in [7, 11) is -0.531. The van der Waals surface area contributed by atoms with Gasteiger partial charge in [0.05, 0.1) is 18.6 Å². The molecule has 4 N–H and O–H groups in total. The van der Waals surface area contributed by atoms with E-state index >= 15 is 0 Å². The SMILES string of the molecule is COCCCS(=O)(=O)Nc1ccc(C(=N)N)cc1OC. The minimum Gasteiger partial charge on any atom is -0.495 e. The third kappa shape index (κ3) is 4.71. The molecule has 1 rings (SSSR count). The van der Waals surface area contributed by atoms with Gasteiger partial charge in [0.2, 0.25) is 10.0 Å². The Morgan fingerprint density at radius 3 is 2.65 bits per heavy atom. The molecule has 1 aromatic carbocycles. The van der Waals surface area contributed by atoms with Crippen LogP contribution in [-0.2, 0) is 14.8 Å². The van der Waals surface area contributed by atoms with Crippen molar-refractivity contribution in [1.82, 2.24) is 0 Å². The zero-order chi connectivity index (χ0) is 15.2. The quantitative estimate of drug-likeness (QED) is 0.372. The molecule has 1 aromatic rings. The van der Waals surface area contributed by atoms with E-state index in [4.69, 9.17) is 20.6 Å². The van der Waals surface area contributed by atoms with E-state index in [1.807, 2.05) is 0 Å². The highest BCUT2D eigenvalue weighted by Gasteiger charge is 2.14. The molecule has 7 nitrogen and oxygen atoms in total. The molecule has 0 radical (unpaired) electrons. The van der Waals surface area contributed by atoms with Gasteiger partial charge >= 0.3 is 0 Å². The van der Waals surface area contributed by atoms with Crippen molar-refractivity contribution >= 4 is 21.5 Å². The van der Waals surface area contributed by atoms with Gasteiger partial charge in [0.15, 0.2) is 0 Å². The predicted octanol–water partition coefficient (Wildman–Crippen LogP) is 0.757. The van der Waals surface area contributed by atoms with Gasteiger partial charge in [0.1, 0.15) is 11.6 Å². The highest BCUT2D eigenvalue weighted by molar-refractivity contribution is 7.92. The Morgan fingerprint density at radius 2 is 2.10 bits per heavy atom. The summed E-state index contributed by atoms with van der Waals surface area (Å²) in [5.41, 5.74) is 6.15. The molecule has 0 unspecified atom stereocenters. The molecule has 0 aliphatic heterocycles. The second-order valence-corrected chi connectivity index (χ2v) is 5.94. The average Bonchev–Trinajstić information content (AvgIpc) is 2.38. The van der Waals surface area contributed by atoms with E-state index in [9.17, 15) is 8.42 Å². The third-order valence-corrected chi connectivity index (χ3v) is 3.90. The lowest BCUT2D eigenvalue weighted by Gasteiger charge is -2.12. The van der Waals surface area contributed by atoms with Crippen molar-refractivity contribution in [2.24, 2.45) is 5.73 Å². The number of hydrogen-bond acceptors (Lipinski definition) is 5. The summed E-state index contributed by atoms with van der Waals surface area (Å²) < 4.78 is 36.1. The molecule has 0 atom stereocenters. The number of benzene rings is 1. The van der Waals surface area contributed by atoms with Crippen molar-refractivity contribution in [3.63, 3.8) is 0 Å². The monoisotopic (exact) mass is 301 g/mol. The fourth-order valence-corrected chi connectivity index (χ4v) is 2.66. The molecule has 0 saturated carbocycles. The van der Waals surface area contributed by atoms with E-state index < -0.39 is 10.0 Å². The summed E-state index contributed by atoms with van der Waals surface area (Å²) >= 11 is 0. The number of anilines is 1. The molecule has 8 heteroatoms. The van der Waals surface area contributed by atoms with Crippen molar-refractivity contribution in [1.29, 1.82) is 5.41 Å². The Balaban J connectivity index is 2.89. The summed E-state index contributed by atoms with van der Waals surface area (Å²) in [6, 6.07) is 4.58. The summed E-state index contributed by atoms with van der Waals surface area (Å²) in [4.78, 5) is 0. The van der Waals surface area contributed by atoms with Crippen LogP contribution in [0.25, 0.3) is 0 Å². The Morgan fingerprint density at radius 1 is 1.40 bits per heavy atom. The lowest BCUT2D eigenvalue weighted by Crippen LogP contribution is -2.18.